The molecule has 1 saturated heterocycles. The van der Waals surface area contributed by atoms with Crippen LogP contribution in [-0.4, -0.2) is 34.9 Å². The quantitative estimate of drug-likeness (QED) is 0.914. The number of hydrogen-bond donors (Lipinski definition) is 1. The Bertz CT molecular complexity index is 716. The van der Waals surface area contributed by atoms with E-state index >= 15 is 0 Å². The van der Waals surface area contributed by atoms with E-state index in [0.29, 0.717) is 42.5 Å². The van der Waals surface area contributed by atoms with Crippen molar-refractivity contribution in [3.63, 3.8) is 0 Å². The summed E-state index contributed by atoms with van der Waals surface area (Å²) >= 11 is 0. The highest BCUT2D eigenvalue weighted by Crippen LogP contribution is 2.25. The second-order valence-electron chi connectivity index (χ2n) is 6.33. The van der Waals surface area contributed by atoms with Crippen molar-refractivity contribution in [1.29, 1.82) is 0 Å². The Hall–Kier alpha value is -2.21. The molecule has 0 spiro atoms. The van der Waals surface area contributed by atoms with E-state index in [2.05, 4.69) is 11.9 Å². The summed E-state index contributed by atoms with van der Waals surface area (Å²) in [7, 11) is 0. The number of carbonyl (C=O) groups is 1. The monoisotopic (exact) mass is 331 g/mol. The summed E-state index contributed by atoms with van der Waals surface area (Å²) in [5, 5.41) is 0. The van der Waals surface area contributed by atoms with Crippen LogP contribution in [0, 0.1) is 11.7 Å². The number of nitrogens with zero attached hydrogens (tertiary/aromatic N) is 2. The second-order valence-corrected chi connectivity index (χ2v) is 6.33. The molecule has 2 heterocycles. The number of amides is 1. The number of aromatic nitrogens is 1. The van der Waals surface area contributed by atoms with E-state index in [4.69, 9.17) is 10.2 Å². The van der Waals surface area contributed by atoms with Crippen molar-refractivity contribution in [2.24, 2.45) is 11.7 Å². The number of likely N-dealkylation sites (tertiary alicyclic amines) is 1. The van der Waals surface area contributed by atoms with Crippen molar-refractivity contribution in [2.75, 3.05) is 13.1 Å². The van der Waals surface area contributed by atoms with Gasteiger partial charge in [0.1, 0.15) is 5.82 Å². The molecule has 1 aromatic heterocycles. The van der Waals surface area contributed by atoms with Crippen LogP contribution in [0.3, 0.4) is 0 Å². The zero-order valence-electron chi connectivity index (χ0n) is 13.7. The average Bonchev–Trinajstić information content (AvgIpc) is 3.19. The Balaban J connectivity index is 1.60. The number of oxazole rings is 1. The lowest BCUT2D eigenvalue weighted by Gasteiger charge is -2.21. The first kappa shape index (κ1) is 16.6. The zero-order valence-corrected chi connectivity index (χ0v) is 13.7. The van der Waals surface area contributed by atoms with Crippen molar-refractivity contribution >= 4 is 5.91 Å². The standard InChI is InChI=1S/C18H22FN3O2/c1-12-8-13(9-20)11-22(12)18(23)7-6-17-21-10-16(24-17)14-4-2-3-5-15(14)19/h2-5,10,12-13H,6-9,11,20H2,1H3. The van der Waals surface area contributed by atoms with Crippen LogP contribution in [0.2, 0.25) is 0 Å². The SMILES string of the molecule is CC1CC(CN)CN1C(=O)CCc1ncc(-c2ccccc2F)o1. The van der Waals surface area contributed by atoms with Crippen LogP contribution < -0.4 is 5.73 Å². The number of aryl methyl sites for hydroxylation is 1. The van der Waals surface area contributed by atoms with Gasteiger partial charge in [-0.05, 0) is 37.9 Å². The molecule has 0 bridgehead atoms. The topological polar surface area (TPSA) is 72.4 Å². The van der Waals surface area contributed by atoms with E-state index in [1.165, 1.54) is 12.3 Å². The molecule has 0 saturated carbocycles. The predicted molar refractivity (Wildman–Crippen MR) is 88.6 cm³/mol. The maximum absolute atomic E-state index is 13.8. The summed E-state index contributed by atoms with van der Waals surface area (Å²) in [4.78, 5) is 18.4. The highest BCUT2D eigenvalue weighted by atomic mass is 19.1. The highest BCUT2D eigenvalue weighted by molar-refractivity contribution is 5.77. The summed E-state index contributed by atoms with van der Waals surface area (Å²) < 4.78 is 19.3. The molecule has 1 aliphatic heterocycles. The molecule has 0 radical (unpaired) electrons. The third-order valence-corrected chi connectivity index (χ3v) is 4.56. The first-order valence-electron chi connectivity index (χ1n) is 8.27. The first-order chi connectivity index (χ1) is 11.6. The lowest BCUT2D eigenvalue weighted by molar-refractivity contribution is -0.131. The van der Waals surface area contributed by atoms with Crippen LogP contribution in [-0.2, 0) is 11.2 Å². The Morgan fingerprint density at radius 2 is 2.25 bits per heavy atom. The zero-order chi connectivity index (χ0) is 17.1. The van der Waals surface area contributed by atoms with Crippen molar-refractivity contribution in [2.45, 2.75) is 32.2 Å². The number of hydrogen-bond acceptors (Lipinski definition) is 4. The van der Waals surface area contributed by atoms with Crippen molar-refractivity contribution < 1.29 is 13.6 Å². The molecule has 1 fully saturated rings. The van der Waals surface area contributed by atoms with Gasteiger partial charge in [0.2, 0.25) is 5.91 Å². The van der Waals surface area contributed by atoms with Gasteiger partial charge < -0.3 is 15.1 Å². The molecule has 2 atom stereocenters. The minimum atomic E-state index is -0.352. The third-order valence-electron chi connectivity index (χ3n) is 4.56. The van der Waals surface area contributed by atoms with Gasteiger partial charge in [0.05, 0.1) is 11.8 Å². The fourth-order valence-electron chi connectivity index (χ4n) is 3.23. The molecule has 0 aliphatic carbocycles. The van der Waals surface area contributed by atoms with Crippen LogP contribution in [0.1, 0.15) is 25.7 Å². The van der Waals surface area contributed by atoms with Crippen LogP contribution >= 0.6 is 0 Å². The van der Waals surface area contributed by atoms with Crippen LogP contribution in [0.5, 0.6) is 0 Å². The molecule has 2 unspecified atom stereocenters. The van der Waals surface area contributed by atoms with E-state index in [1.807, 2.05) is 4.90 Å². The molecule has 3 rings (SSSR count). The van der Waals surface area contributed by atoms with Crippen LogP contribution in [0.25, 0.3) is 11.3 Å². The van der Waals surface area contributed by atoms with Crippen LogP contribution in [0.15, 0.2) is 34.9 Å². The van der Waals surface area contributed by atoms with Gasteiger partial charge in [0.15, 0.2) is 11.7 Å². The third kappa shape index (κ3) is 3.48. The maximum atomic E-state index is 13.8. The van der Waals surface area contributed by atoms with E-state index in [9.17, 15) is 9.18 Å². The van der Waals surface area contributed by atoms with Gasteiger partial charge in [0, 0.05) is 25.4 Å². The molecular weight excluding hydrogens is 309 g/mol. The maximum Gasteiger partial charge on any atom is 0.223 e. The Morgan fingerprint density at radius 3 is 2.96 bits per heavy atom. The average molecular weight is 331 g/mol. The molecule has 24 heavy (non-hydrogen) atoms. The normalized spacial score (nSPS) is 20.5. The summed E-state index contributed by atoms with van der Waals surface area (Å²) in [6, 6.07) is 6.62. The molecule has 1 aliphatic rings. The predicted octanol–water partition coefficient (Wildman–Crippen LogP) is 2.61. The van der Waals surface area contributed by atoms with E-state index in [0.717, 1.165) is 13.0 Å². The van der Waals surface area contributed by atoms with Gasteiger partial charge >= 0.3 is 0 Å². The van der Waals surface area contributed by atoms with Crippen molar-refractivity contribution in [1.82, 2.24) is 9.88 Å². The molecule has 6 heteroatoms. The van der Waals surface area contributed by atoms with Gasteiger partial charge in [-0.3, -0.25) is 4.79 Å². The molecular formula is C18H22FN3O2. The first-order valence-corrected chi connectivity index (χ1v) is 8.27. The van der Waals surface area contributed by atoms with Crippen LogP contribution in [0.4, 0.5) is 4.39 Å². The lowest BCUT2D eigenvalue weighted by atomic mass is 10.1. The van der Waals surface area contributed by atoms with E-state index in [1.54, 1.807) is 18.2 Å². The summed E-state index contributed by atoms with van der Waals surface area (Å²) in [5.74, 6) is 0.953. The van der Waals surface area contributed by atoms with E-state index < -0.39 is 0 Å². The van der Waals surface area contributed by atoms with Gasteiger partial charge in [0.25, 0.3) is 0 Å². The Kier molecular flexibility index (Phi) is 4.94. The number of benzene rings is 1. The van der Waals surface area contributed by atoms with Gasteiger partial charge in [-0.25, -0.2) is 9.37 Å². The minimum Gasteiger partial charge on any atom is -0.441 e. The molecule has 2 N–H and O–H groups in total. The second kappa shape index (κ2) is 7.13. The van der Waals surface area contributed by atoms with Gasteiger partial charge in [-0.15, -0.1) is 0 Å². The minimum absolute atomic E-state index is 0.0871. The molecule has 2 aromatic rings. The lowest BCUT2D eigenvalue weighted by Crippen LogP contribution is -2.34. The molecule has 128 valence electrons. The number of halogens is 1. The van der Waals surface area contributed by atoms with Gasteiger partial charge in [-0.1, -0.05) is 12.1 Å². The molecule has 1 amide bonds. The Labute approximate surface area is 140 Å². The number of rotatable bonds is 5. The number of carbonyl (C=O) groups excluding carboxylic acids is 1. The summed E-state index contributed by atoms with van der Waals surface area (Å²) in [6.45, 7) is 3.39. The Morgan fingerprint density at radius 1 is 1.46 bits per heavy atom. The van der Waals surface area contributed by atoms with Crippen molar-refractivity contribution in [3.05, 3.63) is 42.2 Å². The molecule has 5 nitrogen and oxygen atoms in total. The highest BCUT2D eigenvalue weighted by Gasteiger charge is 2.31. The number of nitrogens with two attached hydrogens (primary N) is 1. The molecule has 1 aromatic carbocycles. The van der Waals surface area contributed by atoms with Gasteiger partial charge in [-0.2, -0.15) is 0 Å². The van der Waals surface area contributed by atoms with E-state index in [-0.39, 0.29) is 17.8 Å². The largest absolute Gasteiger partial charge is 0.441 e. The smallest absolute Gasteiger partial charge is 0.223 e. The summed E-state index contributed by atoms with van der Waals surface area (Å²) in [5.41, 5.74) is 6.08. The summed E-state index contributed by atoms with van der Waals surface area (Å²) in [6.07, 6.45) is 3.20. The fourth-order valence-corrected chi connectivity index (χ4v) is 3.23. The van der Waals surface area contributed by atoms with Crippen molar-refractivity contribution in [3.8, 4) is 11.3 Å². The fraction of sp³-hybridized carbons (Fsp3) is 0.444.